The molecule has 0 aromatic heterocycles. The smallest absolute Gasteiger partial charge is 0.0689 e. The molecule has 0 atom stereocenters. The van der Waals surface area contributed by atoms with Crippen molar-refractivity contribution in [2.45, 2.75) is 0 Å². The van der Waals surface area contributed by atoms with E-state index in [2.05, 4.69) is 0 Å². The van der Waals surface area contributed by atoms with Gasteiger partial charge in [-0.2, -0.15) is 0 Å². The van der Waals surface area contributed by atoms with Crippen LogP contribution in [0.5, 0.6) is 0 Å². The fourth-order valence-electron chi connectivity index (χ4n) is 0. The van der Waals surface area contributed by atoms with E-state index in [-0.39, 0.29) is 45.0 Å². The number of hydrogen-bond donors (Lipinski definition) is 4. The molecule has 0 aromatic carbocycles. The second kappa shape index (κ2) is 53.1. The van der Waals surface area contributed by atoms with Gasteiger partial charge in [0.1, 0.15) is 0 Å². The zero-order chi connectivity index (χ0) is 14.3. The van der Waals surface area contributed by atoms with Gasteiger partial charge in [-0.1, -0.05) is 0 Å². The van der Waals surface area contributed by atoms with Crippen molar-refractivity contribution in [3.05, 3.63) is 61.3 Å². The SMILES string of the molecule is N.N.N.N.O=[N+]([O-])[O-].O=[N+]([O-])[O-].O=[N+]([O-])[O-].O=[N+]([O-])[O-].[Pd]. The second-order valence-electron chi connectivity index (χ2n) is 0.894. The van der Waals surface area contributed by atoms with Crippen molar-refractivity contribution in [1.29, 1.82) is 0 Å². The van der Waals surface area contributed by atoms with Crippen LogP contribution in [0.4, 0.5) is 0 Å². The van der Waals surface area contributed by atoms with Gasteiger partial charge >= 0.3 is 0 Å². The third-order valence-electron chi connectivity index (χ3n) is 0. The predicted molar refractivity (Wildman–Crippen MR) is 61.5 cm³/mol. The summed E-state index contributed by atoms with van der Waals surface area (Å²) >= 11 is 0. The van der Waals surface area contributed by atoms with E-state index in [1.54, 1.807) is 0 Å². The van der Waals surface area contributed by atoms with Crippen LogP contribution >= 0.6 is 0 Å². The van der Waals surface area contributed by atoms with Crippen LogP contribution in [0.25, 0.3) is 0 Å². The fourth-order valence-corrected chi connectivity index (χ4v) is 0. The van der Waals surface area contributed by atoms with E-state index in [0.717, 1.165) is 0 Å². The molecule has 0 spiro atoms. The van der Waals surface area contributed by atoms with Gasteiger partial charge in [-0.15, -0.1) is 0 Å². The van der Waals surface area contributed by atoms with E-state index in [0.29, 0.717) is 0 Å². The normalized spacial score (nSPS) is 4.57. The maximum Gasteiger partial charge on any atom is 0.0689 e. The van der Waals surface area contributed by atoms with Gasteiger partial charge in [-0.05, 0) is 0 Å². The van der Waals surface area contributed by atoms with Gasteiger partial charge in [0.2, 0.25) is 0 Å². The third-order valence-corrected chi connectivity index (χ3v) is 0. The van der Waals surface area contributed by atoms with Gasteiger partial charge in [-0.3, -0.25) is 0 Å². The van der Waals surface area contributed by atoms with Crippen molar-refractivity contribution >= 4 is 0 Å². The van der Waals surface area contributed by atoms with Crippen molar-refractivity contribution in [1.82, 2.24) is 24.6 Å². The summed E-state index contributed by atoms with van der Waals surface area (Å²) in [6, 6.07) is 0. The zero-order valence-electron chi connectivity index (χ0n) is 9.83. The summed E-state index contributed by atoms with van der Waals surface area (Å²) in [4.78, 5) is 33.0. The maximum atomic E-state index is 8.25. The predicted octanol–water partition coefficient (Wildman–Crippen LogP) is -0.311. The molecule has 0 heterocycles. The molecule has 21 heavy (non-hydrogen) atoms. The molecule has 0 radical (unpaired) electrons. The summed E-state index contributed by atoms with van der Waals surface area (Å²) in [6.07, 6.45) is 0. The zero-order valence-corrected chi connectivity index (χ0v) is 11.4. The van der Waals surface area contributed by atoms with Gasteiger partial charge in [0, 0.05) is 20.4 Å². The summed E-state index contributed by atoms with van der Waals surface area (Å²) < 4.78 is 0. The quantitative estimate of drug-likeness (QED) is 0.220. The van der Waals surface area contributed by atoms with Gasteiger partial charge in [0.15, 0.2) is 0 Å². The van der Waals surface area contributed by atoms with Crippen molar-refractivity contribution < 1.29 is 40.8 Å². The summed E-state index contributed by atoms with van der Waals surface area (Å²) in [5.74, 6) is 0. The first-order valence-electron chi connectivity index (χ1n) is 2.19. The van der Waals surface area contributed by atoms with Gasteiger partial charge in [0.05, 0.1) is 20.3 Å². The Morgan fingerprint density at radius 2 is 0.381 bits per heavy atom. The Hall–Kier alpha value is -2.70. The molecule has 20 nitrogen and oxygen atoms in total. The summed E-state index contributed by atoms with van der Waals surface area (Å²) in [7, 11) is 0. The molecule has 0 fully saturated rings. The van der Waals surface area contributed by atoms with Crippen LogP contribution in [0.1, 0.15) is 0 Å². The molecule has 0 rings (SSSR count). The topological polar surface area (TPSA) is 405 Å². The van der Waals surface area contributed by atoms with E-state index in [4.69, 9.17) is 61.3 Å². The Morgan fingerprint density at radius 3 is 0.381 bits per heavy atom. The van der Waals surface area contributed by atoms with Crippen molar-refractivity contribution in [2.24, 2.45) is 0 Å². The summed E-state index contributed by atoms with van der Waals surface area (Å²) in [5.41, 5.74) is 0. The first kappa shape index (κ1) is 63.3. The Bertz CT molecular complexity index is 165. The van der Waals surface area contributed by atoms with Crippen LogP contribution in [-0.4, -0.2) is 20.3 Å². The van der Waals surface area contributed by atoms with E-state index in [9.17, 15) is 0 Å². The third kappa shape index (κ3) is 557. The Balaban J connectivity index is -0.0000000121. The van der Waals surface area contributed by atoms with E-state index in [1.165, 1.54) is 0 Å². The van der Waals surface area contributed by atoms with Gasteiger partial charge < -0.3 is 85.9 Å². The standard InChI is InChI=1S/4NO3.4H3N.Pd/c4*2-1(3)4;;;;;/h;;;;4*1H3;/q4*-1;;;;;. The minimum Gasteiger partial charge on any atom is -0.356 e. The van der Waals surface area contributed by atoms with E-state index in [1.807, 2.05) is 0 Å². The average molecular weight is 423 g/mol. The van der Waals surface area contributed by atoms with Crippen LogP contribution in [0, 0.1) is 61.3 Å². The van der Waals surface area contributed by atoms with Crippen LogP contribution < -0.4 is 24.6 Å². The molecule has 0 unspecified atom stereocenters. The summed E-state index contributed by atoms with van der Waals surface area (Å²) in [5, 5.41) is 59.0. The second-order valence-corrected chi connectivity index (χ2v) is 0.894. The molecule has 0 aliphatic rings. The molecule has 0 aliphatic carbocycles. The van der Waals surface area contributed by atoms with Crippen LogP contribution in [-0.2, 0) is 20.4 Å². The molecule has 0 aromatic rings. The van der Waals surface area contributed by atoms with Gasteiger partial charge in [0.25, 0.3) is 0 Å². The molecular weight excluding hydrogens is 410 g/mol. The van der Waals surface area contributed by atoms with E-state index >= 15 is 0 Å². The molecular formula is H12N8O12Pd-4. The fraction of sp³-hybridized carbons (Fsp3) is 0. The number of rotatable bonds is 0. The Kier molecular flexibility index (Phi) is 160. The first-order chi connectivity index (χ1) is 6.93. The molecule has 0 bridgehead atoms. The summed E-state index contributed by atoms with van der Waals surface area (Å²) in [6.45, 7) is 0. The van der Waals surface area contributed by atoms with Crippen molar-refractivity contribution in [3.63, 3.8) is 0 Å². The first-order valence-corrected chi connectivity index (χ1v) is 2.19. The average Bonchev–Trinajstić information content (AvgIpc) is 1.76. The Labute approximate surface area is 127 Å². The molecule has 21 heteroatoms. The maximum absolute atomic E-state index is 8.25. The molecule has 0 saturated heterocycles. The van der Waals surface area contributed by atoms with Gasteiger partial charge in [-0.25, -0.2) is 0 Å². The minimum absolute atomic E-state index is 0. The van der Waals surface area contributed by atoms with Crippen LogP contribution in [0.2, 0.25) is 0 Å². The largest absolute Gasteiger partial charge is 0.356 e. The molecule has 0 amide bonds. The molecule has 0 saturated carbocycles. The Morgan fingerprint density at radius 1 is 0.381 bits per heavy atom. The molecule has 12 N–H and O–H groups in total. The number of nitrogens with zero attached hydrogens (tertiary/aromatic N) is 4. The van der Waals surface area contributed by atoms with Crippen molar-refractivity contribution in [2.75, 3.05) is 0 Å². The molecule has 138 valence electrons. The van der Waals surface area contributed by atoms with E-state index < -0.39 is 20.3 Å². The molecule has 0 aliphatic heterocycles. The number of hydrogen-bond acceptors (Lipinski definition) is 16. The minimum atomic E-state index is -1.75. The van der Waals surface area contributed by atoms with Crippen LogP contribution in [0.3, 0.4) is 0 Å². The monoisotopic (exact) mass is 422 g/mol. The van der Waals surface area contributed by atoms with Crippen LogP contribution in [0.15, 0.2) is 0 Å². The van der Waals surface area contributed by atoms with Crippen molar-refractivity contribution in [3.8, 4) is 0 Å².